The third-order valence-electron chi connectivity index (χ3n) is 4.29. The summed E-state index contributed by atoms with van der Waals surface area (Å²) in [5.41, 5.74) is 3.19. The lowest BCUT2D eigenvalue weighted by atomic mass is 9.96. The van der Waals surface area contributed by atoms with E-state index in [2.05, 4.69) is 35.7 Å². The molecule has 2 N–H and O–H groups in total. The fourth-order valence-electron chi connectivity index (χ4n) is 3.41. The molecule has 2 aliphatic rings. The normalized spacial score (nSPS) is 22.7. The molecule has 0 saturated carbocycles. The standard InChI is InChI=1S/C15H19N.C2H2O4/c1-2-9-16-10-5-6-12-11-15(16)14-8-4-3-7-13(12)14;3-1(4)2(5)6/h2-4,7-8,12,15H,1,5-6,9-11H2;(H,3,4)(H,5,6). The predicted octanol–water partition coefficient (Wildman–Crippen LogP) is 2.65. The van der Waals surface area contributed by atoms with Crippen LogP contribution in [0.5, 0.6) is 0 Å². The number of carbonyl (C=O) groups is 2. The van der Waals surface area contributed by atoms with Crippen LogP contribution in [0, 0.1) is 0 Å². The molecule has 1 aromatic rings. The van der Waals surface area contributed by atoms with Crippen LogP contribution in [-0.2, 0) is 9.59 Å². The highest BCUT2D eigenvalue weighted by atomic mass is 16.4. The van der Waals surface area contributed by atoms with Crippen LogP contribution in [0.25, 0.3) is 0 Å². The Morgan fingerprint density at radius 3 is 2.45 bits per heavy atom. The van der Waals surface area contributed by atoms with Crippen molar-refractivity contribution in [3.63, 3.8) is 0 Å². The average molecular weight is 303 g/mol. The Kier molecular flexibility index (Phi) is 5.33. The van der Waals surface area contributed by atoms with E-state index < -0.39 is 11.9 Å². The molecule has 1 heterocycles. The fraction of sp³-hybridized carbons (Fsp3) is 0.412. The van der Waals surface area contributed by atoms with Crippen LogP contribution >= 0.6 is 0 Å². The largest absolute Gasteiger partial charge is 0.473 e. The van der Waals surface area contributed by atoms with E-state index in [1.54, 1.807) is 11.1 Å². The maximum Gasteiger partial charge on any atom is 0.414 e. The highest BCUT2D eigenvalue weighted by molar-refractivity contribution is 6.27. The zero-order valence-electron chi connectivity index (χ0n) is 12.4. The number of carboxylic acids is 2. The number of hydrogen-bond donors (Lipinski definition) is 2. The summed E-state index contributed by atoms with van der Waals surface area (Å²) < 4.78 is 0. The van der Waals surface area contributed by atoms with Gasteiger partial charge in [-0.15, -0.1) is 6.58 Å². The third kappa shape index (κ3) is 3.54. The van der Waals surface area contributed by atoms with Crippen LogP contribution in [-0.4, -0.2) is 40.1 Å². The Balaban J connectivity index is 0.000000254. The quantitative estimate of drug-likeness (QED) is 0.649. The van der Waals surface area contributed by atoms with Crippen molar-refractivity contribution < 1.29 is 19.8 Å². The maximum atomic E-state index is 9.10. The molecule has 5 nitrogen and oxygen atoms in total. The van der Waals surface area contributed by atoms with Crippen molar-refractivity contribution in [3.05, 3.63) is 48.0 Å². The van der Waals surface area contributed by atoms with Crippen LogP contribution in [0.4, 0.5) is 0 Å². The minimum absolute atomic E-state index is 0.654. The molecule has 0 radical (unpaired) electrons. The van der Waals surface area contributed by atoms with E-state index in [1.165, 1.54) is 25.8 Å². The lowest BCUT2D eigenvalue weighted by molar-refractivity contribution is -0.159. The van der Waals surface area contributed by atoms with Crippen LogP contribution in [0.15, 0.2) is 36.9 Å². The second-order valence-electron chi connectivity index (χ2n) is 5.61. The van der Waals surface area contributed by atoms with Gasteiger partial charge in [-0.1, -0.05) is 30.3 Å². The number of aliphatic carboxylic acids is 2. The van der Waals surface area contributed by atoms with Gasteiger partial charge in [-0.2, -0.15) is 0 Å². The first-order valence-electron chi connectivity index (χ1n) is 7.44. The molecule has 0 aromatic heterocycles. The molecular formula is C17H21NO4. The molecule has 1 aliphatic carbocycles. The summed E-state index contributed by atoms with van der Waals surface area (Å²) in [6, 6.07) is 9.68. The van der Waals surface area contributed by atoms with Gasteiger partial charge in [0.05, 0.1) is 0 Å². The van der Waals surface area contributed by atoms with Gasteiger partial charge in [0.15, 0.2) is 0 Å². The van der Waals surface area contributed by atoms with E-state index >= 15 is 0 Å². The molecule has 118 valence electrons. The summed E-state index contributed by atoms with van der Waals surface area (Å²) in [7, 11) is 0. The topological polar surface area (TPSA) is 77.8 Å². The van der Waals surface area contributed by atoms with Gasteiger partial charge < -0.3 is 10.2 Å². The van der Waals surface area contributed by atoms with Crippen molar-refractivity contribution in [1.82, 2.24) is 4.90 Å². The Morgan fingerprint density at radius 1 is 1.23 bits per heavy atom. The Morgan fingerprint density at radius 2 is 1.86 bits per heavy atom. The van der Waals surface area contributed by atoms with Gasteiger partial charge in [0.1, 0.15) is 0 Å². The number of likely N-dealkylation sites (tertiary alicyclic amines) is 1. The third-order valence-corrected chi connectivity index (χ3v) is 4.29. The first kappa shape index (κ1) is 16.2. The minimum atomic E-state index is -1.82. The molecule has 1 saturated heterocycles. The highest BCUT2D eigenvalue weighted by Crippen LogP contribution is 2.47. The SMILES string of the molecule is C=CCN1CCCC2CC1c1ccccc12.O=C(O)C(=O)O. The van der Waals surface area contributed by atoms with Crippen LogP contribution in [0.3, 0.4) is 0 Å². The van der Waals surface area contributed by atoms with Gasteiger partial charge in [0, 0.05) is 12.6 Å². The van der Waals surface area contributed by atoms with E-state index in [9.17, 15) is 0 Å². The monoisotopic (exact) mass is 303 g/mol. The highest BCUT2D eigenvalue weighted by Gasteiger charge is 2.35. The van der Waals surface area contributed by atoms with E-state index in [4.69, 9.17) is 19.8 Å². The molecule has 1 aromatic carbocycles. The second kappa shape index (κ2) is 7.22. The molecule has 0 spiro atoms. The molecule has 2 unspecified atom stereocenters. The van der Waals surface area contributed by atoms with E-state index in [-0.39, 0.29) is 0 Å². The summed E-state index contributed by atoms with van der Waals surface area (Å²) in [5, 5.41) is 14.8. The molecule has 3 rings (SSSR count). The van der Waals surface area contributed by atoms with Gasteiger partial charge in [0.2, 0.25) is 0 Å². The lowest BCUT2D eigenvalue weighted by Crippen LogP contribution is -2.27. The van der Waals surface area contributed by atoms with Crippen LogP contribution in [0.1, 0.15) is 42.3 Å². The van der Waals surface area contributed by atoms with Gasteiger partial charge >= 0.3 is 11.9 Å². The van der Waals surface area contributed by atoms with Crippen LogP contribution in [0.2, 0.25) is 0 Å². The van der Waals surface area contributed by atoms with Gasteiger partial charge in [-0.3, -0.25) is 4.90 Å². The first-order chi connectivity index (χ1) is 10.5. The summed E-state index contributed by atoms with van der Waals surface area (Å²) in [6.45, 7) is 6.15. The molecular weight excluding hydrogens is 282 g/mol. The molecule has 22 heavy (non-hydrogen) atoms. The maximum absolute atomic E-state index is 9.10. The summed E-state index contributed by atoms with van der Waals surface area (Å²) in [5.74, 6) is -2.83. The zero-order valence-corrected chi connectivity index (χ0v) is 12.4. The lowest BCUT2D eigenvalue weighted by Gasteiger charge is -2.27. The van der Waals surface area contributed by atoms with Crippen LogP contribution < -0.4 is 0 Å². The Bertz CT molecular complexity index is 558. The van der Waals surface area contributed by atoms with Crippen molar-refractivity contribution in [2.45, 2.75) is 31.2 Å². The molecule has 1 fully saturated rings. The number of fused-ring (bicyclic) bond motifs is 5. The Hall–Kier alpha value is -2.14. The smallest absolute Gasteiger partial charge is 0.414 e. The number of benzene rings is 1. The van der Waals surface area contributed by atoms with Gasteiger partial charge in [-0.05, 0) is 42.9 Å². The van der Waals surface area contributed by atoms with Crippen molar-refractivity contribution in [2.24, 2.45) is 0 Å². The minimum Gasteiger partial charge on any atom is -0.473 e. The molecule has 0 amide bonds. The predicted molar refractivity (Wildman–Crippen MR) is 82.8 cm³/mol. The summed E-state index contributed by atoms with van der Waals surface area (Å²) in [6.07, 6.45) is 6.07. The number of hydrogen-bond acceptors (Lipinski definition) is 3. The zero-order chi connectivity index (χ0) is 16.1. The summed E-state index contributed by atoms with van der Waals surface area (Å²) in [4.78, 5) is 20.8. The summed E-state index contributed by atoms with van der Waals surface area (Å²) >= 11 is 0. The van der Waals surface area contributed by atoms with Crippen molar-refractivity contribution in [2.75, 3.05) is 13.1 Å². The van der Waals surface area contributed by atoms with Crippen molar-refractivity contribution >= 4 is 11.9 Å². The van der Waals surface area contributed by atoms with Crippen molar-refractivity contribution in [3.8, 4) is 0 Å². The van der Waals surface area contributed by atoms with E-state index in [1.807, 2.05) is 6.08 Å². The number of nitrogens with zero attached hydrogens (tertiary/aromatic N) is 1. The van der Waals surface area contributed by atoms with Gasteiger partial charge in [0.25, 0.3) is 0 Å². The van der Waals surface area contributed by atoms with E-state index in [0.29, 0.717) is 6.04 Å². The molecule has 5 heteroatoms. The second-order valence-corrected chi connectivity index (χ2v) is 5.61. The Labute approximate surface area is 129 Å². The molecule has 2 atom stereocenters. The fourth-order valence-corrected chi connectivity index (χ4v) is 3.41. The number of rotatable bonds is 2. The van der Waals surface area contributed by atoms with E-state index in [0.717, 1.165) is 12.5 Å². The molecule has 1 aliphatic heterocycles. The average Bonchev–Trinajstić information content (AvgIpc) is 2.71. The molecule has 2 bridgehead atoms. The first-order valence-corrected chi connectivity index (χ1v) is 7.44. The van der Waals surface area contributed by atoms with Crippen molar-refractivity contribution in [1.29, 1.82) is 0 Å². The number of carboxylic acid groups (broad SMARTS) is 2. The van der Waals surface area contributed by atoms with Gasteiger partial charge in [-0.25, -0.2) is 9.59 Å².